The van der Waals surface area contributed by atoms with Crippen LogP contribution in [0.4, 0.5) is 4.79 Å². The van der Waals surface area contributed by atoms with Crippen molar-refractivity contribution in [2.45, 2.75) is 31.8 Å². The first kappa shape index (κ1) is 29.7. The molecule has 4 aromatic carbocycles. The van der Waals surface area contributed by atoms with E-state index in [0.717, 1.165) is 27.6 Å². The van der Waals surface area contributed by atoms with Gasteiger partial charge in [0.1, 0.15) is 0 Å². The Kier molecular flexibility index (Phi) is 10.6. The summed E-state index contributed by atoms with van der Waals surface area (Å²) in [5.41, 5.74) is 4.39. The van der Waals surface area contributed by atoms with Crippen molar-refractivity contribution in [1.82, 2.24) is 4.90 Å². The normalized spacial score (nSPS) is 18.8. The lowest BCUT2D eigenvalue weighted by molar-refractivity contribution is -0.0518. The average molecular weight is 570 g/mol. The molecule has 0 spiro atoms. The van der Waals surface area contributed by atoms with Crippen LogP contribution < -0.4 is 0 Å². The summed E-state index contributed by atoms with van der Waals surface area (Å²) in [6.07, 6.45) is -1.25. The van der Waals surface area contributed by atoms with Gasteiger partial charge in [-0.25, -0.2) is 4.79 Å². The molecule has 0 aromatic heterocycles. The van der Waals surface area contributed by atoms with Crippen LogP contribution in [0.3, 0.4) is 0 Å². The number of rotatable bonds is 13. The zero-order chi connectivity index (χ0) is 29.1. The Balaban J connectivity index is 1.22. The minimum Gasteiger partial charge on any atom is -0.465 e. The summed E-state index contributed by atoms with van der Waals surface area (Å²) in [7, 11) is 1.66. The Morgan fingerprint density at radius 1 is 0.762 bits per heavy atom. The first-order valence-electron chi connectivity index (χ1n) is 14.4. The number of carbonyl (C=O) groups is 1. The third-order valence-corrected chi connectivity index (χ3v) is 7.81. The van der Waals surface area contributed by atoms with E-state index in [1.54, 1.807) is 7.11 Å². The van der Waals surface area contributed by atoms with Gasteiger partial charge in [-0.2, -0.15) is 0 Å². The number of amides is 1. The molecular formula is C35H39NO6. The fourth-order valence-electron chi connectivity index (χ4n) is 5.72. The quantitative estimate of drug-likeness (QED) is 0.185. The Hall–Kier alpha value is -3.75. The highest BCUT2D eigenvalue weighted by Gasteiger charge is 2.40. The van der Waals surface area contributed by atoms with Crippen molar-refractivity contribution >= 4 is 16.9 Å². The van der Waals surface area contributed by atoms with Crippen LogP contribution >= 0.6 is 0 Å². The summed E-state index contributed by atoms with van der Waals surface area (Å²) < 4.78 is 23.6. The van der Waals surface area contributed by atoms with Gasteiger partial charge < -0.3 is 29.0 Å². The van der Waals surface area contributed by atoms with Crippen LogP contribution in [0.25, 0.3) is 10.8 Å². The van der Waals surface area contributed by atoms with E-state index in [2.05, 4.69) is 54.6 Å². The van der Waals surface area contributed by atoms with Gasteiger partial charge in [0, 0.05) is 25.5 Å². The van der Waals surface area contributed by atoms with E-state index in [4.69, 9.17) is 18.9 Å². The molecule has 0 bridgehead atoms. The molecular weight excluding hydrogens is 530 g/mol. The van der Waals surface area contributed by atoms with Gasteiger partial charge in [-0.05, 0) is 39.1 Å². The maximum Gasteiger partial charge on any atom is 0.407 e. The van der Waals surface area contributed by atoms with Gasteiger partial charge in [0.2, 0.25) is 0 Å². The molecule has 7 nitrogen and oxygen atoms in total. The highest BCUT2D eigenvalue weighted by atomic mass is 16.5. The second kappa shape index (κ2) is 14.9. The molecule has 0 saturated carbocycles. The van der Waals surface area contributed by atoms with Gasteiger partial charge in [0.05, 0.1) is 52.3 Å². The van der Waals surface area contributed by atoms with Crippen molar-refractivity contribution < 1.29 is 28.8 Å². The number of carboxylic acid groups (broad SMARTS) is 1. The third kappa shape index (κ3) is 7.95. The Bertz CT molecular complexity index is 1410. The number of piperidine rings is 1. The van der Waals surface area contributed by atoms with E-state index in [1.165, 1.54) is 10.3 Å². The molecule has 7 heteroatoms. The summed E-state index contributed by atoms with van der Waals surface area (Å²) in [4.78, 5) is 13.5. The second-order valence-electron chi connectivity index (χ2n) is 10.8. The summed E-state index contributed by atoms with van der Waals surface area (Å²) in [6, 6.07) is 33.0. The van der Waals surface area contributed by atoms with Crippen LogP contribution in [-0.4, -0.2) is 62.2 Å². The first-order chi connectivity index (χ1) is 20.6. The maximum atomic E-state index is 12.0. The van der Waals surface area contributed by atoms with Gasteiger partial charge in [-0.3, -0.25) is 0 Å². The van der Waals surface area contributed by atoms with E-state index in [9.17, 15) is 9.90 Å². The van der Waals surface area contributed by atoms with E-state index in [1.807, 2.05) is 42.5 Å². The van der Waals surface area contributed by atoms with Gasteiger partial charge in [0.15, 0.2) is 0 Å². The third-order valence-electron chi connectivity index (χ3n) is 7.81. The summed E-state index contributed by atoms with van der Waals surface area (Å²) in [5.74, 6) is -0.0484. The predicted molar refractivity (Wildman–Crippen MR) is 162 cm³/mol. The number of hydrogen-bond donors (Lipinski definition) is 1. The van der Waals surface area contributed by atoms with Gasteiger partial charge in [0.25, 0.3) is 0 Å². The maximum absolute atomic E-state index is 12.0. The standard InChI is InChI=1S/C35H39NO6/c1-39-25-32-20-36(35(37)38)21-33(42-24-28-13-14-29-9-5-6-10-31(29)19-28)34(32)30-15-11-27(12-16-30)23-41-18-17-40-22-26-7-3-2-4-8-26/h2-16,19,32-34H,17-18,20-25H2,1H3,(H,37,38). The number of fused-ring (bicyclic) bond motifs is 1. The summed E-state index contributed by atoms with van der Waals surface area (Å²) in [5, 5.41) is 12.2. The van der Waals surface area contributed by atoms with Gasteiger partial charge in [-0.1, -0.05) is 91.0 Å². The Morgan fingerprint density at radius 3 is 2.10 bits per heavy atom. The molecule has 1 aliphatic heterocycles. The smallest absolute Gasteiger partial charge is 0.407 e. The highest BCUT2D eigenvalue weighted by Crippen LogP contribution is 2.36. The van der Waals surface area contributed by atoms with Crippen molar-refractivity contribution in [3.8, 4) is 0 Å². The lowest BCUT2D eigenvalue weighted by atomic mass is 9.78. The number of likely N-dealkylation sites (tertiary alicyclic amines) is 1. The average Bonchev–Trinajstić information content (AvgIpc) is 3.02. The molecule has 0 radical (unpaired) electrons. The molecule has 220 valence electrons. The molecule has 42 heavy (non-hydrogen) atoms. The van der Waals surface area contributed by atoms with Crippen LogP contribution in [0.1, 0.15) is 28.2 Å². The Morgan fingerprint density at radius 2 is 1.40 bits per heavy atom. The lowest BCUT2D eigenvalue weighted by Gasteiger charge is -2.42. The number of hydrogen-bond acceptors (Lipinski definition) is 5. The van der Waals surface area contributed by atoms with Crippen molar-refractivity contribution in [2.75, 3.05) is 40.0 Å². The first-order valence-corrected chi connectivity index (χ1v) is 14.4. The summed E-state index contributed by atoms with van der Waals surface area (Å²) >= 11 is 0. The van der Waals surface area contributed by atoms with Gasteiger partial charge >= 0.3 is 6.09 Å². The van der Waals surface area contributed by atoms with E-state index in [0.29, 0.717) is 52.7 Å². The van der Waals surface area contributed by atoms with E-state index in [-0.39, 0.29) is 17.9 Å². The largest absolute Gasteiger partial charge is 0.465 e. The number of methoxy groups -OCH3 is 1. The van der Waals surface area contributed by atoms with Crippen LogP contribution in [0.5, 0.6) is 0 Å². The molecule has 1 amide bonds. The van der Waals surface area contributed by atoms with E-state index >= 15 is 0 Å². The number of nitrogens with zero attached hydrogens (tertiary/aromatic N) is 1. The zero-order valence-electron chi connectivity index (χ0n) is 24.1. The monoisotopic (exact) mass is 569 g/mol. The highest BCUT2D eigenvalue weighted by molar-refractivity contribution is 5.82. The molecule has 0 aliphatic carbocycles. The topological polar surface area (TPSA) is 77.5 Å². The van der Waals surface area contributed by atoms with Crippen molar-refractivity contribution in [1.29, 1.82) is 0 Å². The van der Waals surface area contributed by atoms with Crippen LogP contribution in [0, 0.1) is 5.92 Å². The summed E-state index contributed by atoms with van der Waals surface area (Å²) in [6.45, 7) is 3.67. The van der Waals surface area contributed by atoms with E-state index < -0.39 is 6.09 Å². The second-order valence-corrected chi connectivity index (χ2v) is 10.8. The molecule has 4 aromatic rings. The molecule has 1 heterocycles. The SMILES string of the molecule is COCC1CN(C(=O)O)CC(OCc2ccc3ccccc3c2)C1c1ccc(COCCOCc2ccccc2)cc1. The predicted octanol–water partition coefficient (Wildman–Crippen LogP) is 6.50. The van der Waals surface area contributed by atoms with Crippen LogP contribution in [0.2, 0.25) is 0 Å². The lowest BCUT2D eigenvalue weighted by Crippen LogP contribution is -2.52. The molecule has 1 fully saturated rings. The fourth-order valence-corrected chi connectivity index (χ4v) is 5.72. The molecule has 1 aliphatic rings. The number of benzene rings is 4. The molecule has 3 atom stereocenters. The van der Waals surface area contributed by atoms with Crippen LogP contribution in [-0.2, 0) is 38.8 Å². The van der Waals surface area contributed by atoms with Gasteiger partial charge in [-0.15, -0.1) is 0 Å². The van der Waals surface area contributed by atoms with Crippen LogP contribution in [0.15, 0.2) is 97.1 Å². The molecule has 3 unspecified atom stereocenters. The van der Waals surface area contributed by atoms with Crippen molar-refractivity contribution in [3.63, 3.8) is 0 Å². The van der Waals surface area contributed by atoms with Crippen molar-refractivity contribution in [3.05, 3.63) is 119 Å². The zero-order valence-corrected chi connectivity index (χ0v) is 24.1. The number of ether oxygens (including phenoxy) is 4. The minimum atomic E-state index is -0.936. The fraction of sp³-hybridized carbons (Fsp3) is 0.343. The van der Waals surface area contributed by atoms with Crippen molar-refractivity contribution in [2.24, 2.45) is 5.92 Å². The Labute approximate surface area is 247 Å². The molecule has 5 rings (SSSR count). The molecule has 1 N–H and O–H groups in total. The molecule has 1 saturated heterocycles. The minimum absolute atomic E-state index is 0.0117.